The van der Waals surface area contributed by atoms with Crippen molar-refractivity contribution < 1.29 is 28.7 Å². The zero-order valence-corrected chi connectivity index (χ0v) is 15.2. The third-order valence-corrected chi connectivity index (χ3v) is 3.86. The fraction of sp³-hybridized carbons (Fsp3) is 0.444. The molecule has 0 spiro atoms. The predicted octanol–water partition coefficient (Wildman–Crippen LogP) is 1.53. The molecule has 1 aromatic carbocycles. The van der Waals surface area contributed by atoms with E-state index in [1.165, 1.54) is 20.8 Å². The first-order chi connectivity index (χ1) is 12.2. The largest absolute Gasteiger partial charge is 0.494 e. The first-order valence-corrected chi connectivity index (χ1v) is 8.26. The van der Waals surface area contributed by atoms with Crippen molar-refractivity contribution in [2.75, 3.05) is 13.2 Å². The van der Waals surface area contributed by atoms with Crippen molar-refractivity contribution in [3.8, 4) is 5.75 Å². The van der Waals surface area contributed by atoms with Gasteiger partial charge in [-0.1, -0.05) is 0 Å². The number of rotatable bonds is 7. The summed E-state index contributed by atoms with van der Waals surface area (Å²) in [5, 5.41) is 2.47. The molecule has 1 aliphatic rings. The van der Waals surface area contributed by atoms with Crippen molar-refractivity contribution in [1.29, 1.82) is 0 Å². The van der Waals surface area contributed by atoms with Gasteiger partial charge < -0.3 is 14.8 Å². The van der Waals surface area contributed by atoms with Crippen LogP contribution < -0.4 is 10.1 Å². The third-order valence-electron chi connectivity index (χ3n) is 3.86. The monoisotopic (exact) mass is 362 g/mol. The van der Waals surface area contributed by atoms with Gasteiger partial charge in [0.1, 0.15) is 17.8 Å². The maximum Gasteiger partial charge on any atom is 0.326 e. The molecule has 1 heterocycles. The van der Waals surface area contributed by atoms with E-state index in [9.17, 15) is 19.2 Å². The Labute approximate surface area is 151 Å². The molecule has 0 radical (unpaired) electrons. The number of ether oxygens (including phenoxy) is 2. The summed E-state index contributed by atoms with van der Waals surface area (Å²) in [6.45, 7) is 6.34. The van der Waals surface area contributed by atoms with Gasteiger partial charge in [0.15, 0.2) is 6.10 Å². The van der Waals surface area contributed by atoms with Crippen LogP contribution in [-0.4, -0.2) is 53.4 Å². The fourth-order valence-corrected chi connectivity index (χ4v) is 2.50. The van der Waals surface area contributed by atoms with E-state index in [1.807, 2.05) is 6.92 Å². The molecule has 1 saturated heterocycles. The van der Waals surface area contributed by atoms with Crippen molar-refractivity contribution in [1.82, 2.24) is 10.2 Å². The molecule has 140 valence electrons. The molecule has 0 aliphatic carbocycles. The molecule has 26 heavy (non-hydrogen) atoms. The van der Waals surface area contributed by atoms with Crippen LogP contribution in [0.25, 0.3) is 0 Å². The molecular weight excluding hydrogens is 340 g/mol. The van der Waals surface area contributed by atoms with Gasteiger partial charge in [-0.05, 0) is 52.0 Å². The van der Waals surface area contributed by atoms with Crippen LogP contribution in [0.3, 0.4) is 0 Å². The lowest BCUT2D eigenvalue weighted by Gasteiger charge is -2.17. The lowest BCUT2D eigenvalue weighted by molar-refractivity contribution is -0.149. The lowest BCUT2D eigenvalue weighted by atomic mass is 10.1. The Morgan fingerprint density at radius 1 is 1.19 bits per heavy atom. The van der Waals surface area contributed by atoms with E-state index in [-0.39, 0.29) is 5.78 Å². The molecule has 0 bridgehead atoms. The molecule has 1 aromatic rings. The number of esters is 1. The van der Waals surface area contributed by atoms with Crippen LogP contribution in [0.4, 0.5) is 4.79 Å². The van der Waals surface area contributed by atoms with E-state index in [1.54, 1.807) is 24.3 Å². The zero-order valence-electron chi connectivity index (χ0n) is 15.2. The van der Waals surface area contributed by atoms with E-state index < -0.39 is 36.1 Å². The van der Waals surface area contributed by atoms with Crippen LogP contribution in [-0.2, 0) is 14.3 Å². The summed E-state index contributed by atoms with van der Waals surface area (Å²) in [5.74, 6) is -1.11. The molecule has 0 unspecified atom stereocenters. The number of imide groups is 1. The molecule has 1 N–H and O–H groups in total. The highest BCUT2D eigenvalue weighted by molar-refractivity contribution is 6.08. The van der Waals surface area contributed by atoms with E-state index in [4.69, 9.17) is 9.47 Å². The van der Waals surface area contributed by atoms with Gasteiger partial charge >= 0.3 is 12.0 Å². The van der Waals surface area contributed by atoms with Gasteiger partial charge in [0, 0.05) is 5.56 Å². The Bertz CT molecular complexity index is 726. The number of nitrogens with one attached hydrogen (secondary N) is 1. The molecule has 0 aromatic heterocycles. The number of ketones is 1. The van der Waals surface area contributed by atoms with Gasteiger partial charge in [-0.3, -0.25) is 19.3 Å². The molecule has 0 saturated carbocycles. The summed E-state index contributed by atoms with van der Waals surface area (Å²) < 4.78 is 10.4. The molecule has 3 amide bonds. The van der Waals surface area contributed by atoms with Crippen molar-refractivity contribution in [3.05, 3.63) is 29.8 Å². The molecule has 1 aliphatic heterocycles. The van der Waals surface area contributed by atoms with Crippen LogP contribution in [0, 0.1) is 0 Å². The SMILES string of the molecule is CCOc1ccc(C(=O)[C@@H](C)OC(=O)CN2C(=O)NC(C)(C)C2=O)cc1. The first-order valence-electron chi connectivity index (χ1n) is 8.26. The number of amides is 3. The number of hydrogen-bond acceptors (Lipinski definition) is 6. The summed E-state index contributed by atoms with van der Waals surface area (Å²) >= 11 is 0. The summed E-state index contributed by atoms with van der Waals surface area (Å²) in [6.07, 6.45) is -1.05. The van der Waals surface area contributed by atoms with E-state index in [0.29, 0.717) is 17.9 Å². The highest BCUT2D eigenvalue weighted by atomic mass is 16.5. The summed E-state index contributed by atoms with van der Waals surface area (Å²) in [7, 11) is 0. The average Bonchev–Trinajstić information content (AvgIpc) is 2.77. The van der Waals surface area contributed by atoms with Gasteiger partial charge in [-0.15, -0.1) is 0 Å². The zero-order chi connectivity index (χ0) is 19.5. The van der Waals surface area contributed by atoms with Crippen LogP contribution in [0.2, 0.25) is 0 Å². The van der Waals surface area contributed by atoms with E-state index in [2.05, 4.69) is 5.32 Å². The number of urea groups is 1. The third kappa shape index (κ3) is 4.19. The molecule has 8 nitrogen and oxygen atoms in total. The van der Waals surface area contributed by atoms with E-state index in [0.717, 1.165) is 4.90 Å². The maximum absolute atomic E-state index is 12.3. The average molecular weight is 362 g/mol. The number of benzene rings is 1. The number of nitrogens with zero attached hydrogens (tertiary/aromatic N) is 1. The van der Waals surface area contributed by atoms with Gasteiger partial charge in [-0.2, -0.15) is 0 Å². The summed E-state index contributed by atoms with van der Waals surface area (Å²) in [6, 6.07) is 5.80. The highest BCUT2D eigenvalue weighted by Gasteiger charge is 2.45. The second-order valence-electron chi connectivity index (χ2n) is 6.40. The number of carbonyl (C=O) groups excluding carboxylic acids is 4. The topological polar surface area (TPSA) is 102 Å². The number of carbonyl (C=O) groups is 4. The normalized spacial score (nSPS) is 16.8. The van der Waals surface area contributed by atoms with Gasteiger partial charge in [0.25, 0.3) is 5.91 Å². The van der Waals surface area contributed by atoms with Crippen LogP contribution in [0.5, 0.6) is 5.75 Å². The lowest BCUT2D eigenvalue weighted by Crippen LogP contribution is -2.41. The number of Topliss-reactive ketones (excluding diaryl/α,β-unsaturated/α-hetero) is 1. The summed E-state index contributed by atoms with van der Waals surface area (Å²) in [4.78, 5) is 49.0. The van der Waals surface area contributed by atoms with Gasteiger partial charge in [-0.25, -0.2) is 4.79 Å². The minimum absolute atomic E-state index is 0.366. The van der Waals surface area contributed by atoms with E-state index >= 15 is 0 Å². The summed E-state index contributed by atoms with van der Waals surface area (Å²) in [5.41, 5.74) is -0.703. The van der Waals surface area contributed by atoms with Crippen molar-refractivity contribution in [2.24, 2.45) is 0 Å². The predicted molar refractivity (Wildman–Crippen MR) is 91.8 cm³/mol. The standard InChI is InChI=1S/C18H22N2O6/c1-5-25-13-8-6-12(7-9-13)15(22)11(2)26-14(21)10-20-16(23)18(3,4)19-17(20)24/h6-9,11H,5,10H2,1-4H3,(H,19,24)/t11-/m1/s1. The smallest absolute Gasteiger partial charge is 0.326 e. The second kappa shape index (κ2) is 7.55. The van der Waals surface area contributed by atoms with Gasteiger partial charge in [0.05, 0.1) is 6.61 Å². The molecule has 1 fully saturated rings. The molecule has 8 heteroatoms. The number of hydrogen-bond donors (Lipinski definition) is 1. The highest BCUT2D eigenvalue weighted by Crippen LogP contribution is 2.17. The quantitative estimate of drug-likeness (QED) is 0.448. The molecule has 2 rings (SSSR count). The van der Waals surface area contributed by atoms with Crippen molar-refractivity contribution in [2.45, 2.75) is 39.3 Å². The first kappa shape index (κ1) is 19.4. The minimum Gasteiger partial charge on any atom is -0.494 e. The molecular formula is C18H22N2O6. The van der Waals surface area contributed by atoms with Crippen LogP contribution in [0.15, 0.2) is 24.3 Å². The van der Waals surface area contributed by atoms with Gasteiger partial charge in [0.2, 0.25) is 5.78 Å². The Morgan fingerprint density at radius 2 is 1.81 bits per heavy atom. The van der Waals surface area contributed by atoms with Crippen LogP contribution in [0.1, 0.15) is 38.1 Å². The second-order valence-corrected chi connectivity index (χ2v) is 6.40. The van der Waals surface area contributed by atoms with Crippen molar-refractivity contribution >= 4 is 23.7 Å². The fourth-order valence-electron chi connectivity index (χ4n) is 2.50. The Kier molecular flexibility index (Phi) is 5.64. The maximum atomic E-state index is 12.3. The van der Waals surface area contributed by atoms with Crippen molar-refractivity contribution in [3.63, 3.8) is 0 Å². The Morgan fingerprint density at radius 3 is 2.31 bits per heavy atom. The Balaban J connectivity index is 1.95. The molecule has 1 atom stereocenters. The van der Waals surface area contributed by atoms with Crippen LogP contribution >= 0.6 is 0 Å². The Hall–Kier alpha value is -2.90. The minimum atomic E-state index is -1.07.